The van der Waals surface area contributed by atoms with Crippen LogP contribution in [0, 0.1) is 11.3 Å². The summed E-state index contributed by atoms with van der Waals surface area (Å²) in [6.07, 6.45) is 7.72. The molecule has 0 N–H and O–H groups in total. The second-order valence-electron chi connectivity index (χ2n) is 5.93. The maximum atomic E-state index is 12.9. The highest BCUT2D eigenvalue weighted by atomic mass is 16.1. The van der Waals surface area contributed by atoms with Crippen molar-refractivity contribution in [3.8, 4) is 6.07 Å². The molecule has 0 saturated carbocycles. The van der Waals surface area contributed by atoms with Gasteiger partial charge < -0.3 is 4.57 Å². The van der Waals surface area contributed by atoms with Crippen LogP contribution in [0.15, 0.2) is 41.5 Å². The van der Waals surface area contributed by atoms with Crippen LogP contribution in [0.2, 0.25) is 0 Å². The summed E-state index contributed by atoms with van der Waals surface area (Å²) in [4.78, 5) is 12.9. The van der Waals surface area contributed by atoms with Crippen LogP contribution < -0.4 is 5.56 Å². The van der Waals surface area contributed by atoms with E-state index in [9.17, 15) is 10.1 Å². The fraction of sp³-hybridized carbons (Fsp3) is 0.278. The van der Waals surface area contributed by atoms with Crippen LogP contribution in [0.1, 0.15) is 35.2 Å². The lowest BCUT2D eigenvalue weighted by Gasteiger charge is -2.10. The van der Waals surface area contributed by atoms with E-state index in [-0.39, 0.29) is 5.56 Å². The van der Waals surface area contributed by atoms with E-state index < -0.39 is 0 Å². The van der Waals surface area contributed by atoms with Crippen molar-refractivity contribution in [2.75, 3.05) is 0 Å². The van der Waals surface area contributed by atoms with Crippen molar-refractivity contribution in [2.24, 2.45) is 0 Å². The summed E-state index contributed by atoms with van der Waals surface area (Å²) in [5.74, 6) is 0. The minimum Gasteiger partial charge on any atom is -0.308 e. The van der Waals surface area contributed by atoms with E-state index in [1.807, 2.05) is 24.4 Å². The molecule has 0 aliphatic heterocycles. The molecular formula is C18H16N4O. The first-order chi connectivity index (χ1) is 11.3. The molecule has 4 rings (SSSR count). The summed E-state index contributed by atoms with van der Waals surface area (Å²) in [7, 11) is 0. The zero-order valence-electron chi connectivity index (χ0n) is 12.7. The second-order valence-corrected chi connectivity index (χ2v) is 5.93. The number of rotatable bonds is 2. The van der Waals surface area contributed by atoms with Crippen molar-refractivity contribution in [2.45, 2.75) is 32.2 Å². The molecule has 5 nitrogen and oxygen atoms in total. The van der Waals surface area contributed by atoms with E-state index >= 15 is 0 Å². The zero-order chi connectivity index (χ0) is 15.8. The number of aromatic nitrogens is 3. The van der Waals surface area contributed by atoms with Gasteiger partial charge in [0.15, 0.2) is 0 Å². The van der Waals surface area contributed by atoms with Gasteiger partial charge in [0.05, 0.1) is 23.9 Å². The second kappa shape index (κ2) is 5.40. The van der Waals surface area contributed by atoms with E-state index in [0.717, 1.165) is 42.5 Å². The maximum Gasteiger partial charge on any atom is 0.277 e. The van der Waals surface area contributed by atoms with Crippen LogP contribution in [0.25, 0.3) is 5.52 Å². The third-order valence-electron chi connectivity index (χ3n) is 4.51. The van der Waals surface area contributed by atoms with E-state index in [4.69, 9.17) is 0 Å². The fourth-order valence-corrected chi connectivity index (χ4v) is 3.33. The van der Waals surface area contributed by atoms with Crippen LogP contribution in [0.4, 0.5) is 0 Å². The molecule has 2 heterocycles. The summed E-state index contributed by atoms with van der Waals surface area (Å²) in [6, 6.07) is 9.58. The molecule has 23 heavy (non-hydrogen) atoms. The number of hydrogen-bond acceptors (Lipinski definition) is 3. The van der Waals surface area contributed by atoms with Gasteiger partial charge in [0.1, 0.15) is 5.52 Å². The number of nitrogens with zero attached hydrogens (tertiary/aromatic N) is 4. The molecule has 0 bridgehead atoms. The third kappa shape index (κ3) is 2.23. The van der Waals surface area contributed by atoms with Crippen LogP contribution in [-0.4, -0.2) is 14.2 Å². The Morgan fingerprint density at radius 3 is 2.87 bits per heavy atom. The Bertz CT molecular complexity index is 990. The first-order valence-corrected chi connectivity index (χ1v) is 7.85. The molecule has 0 fully saturated rings. The quantitative estimate of drug-likeness (QED) is 0.729. The molecule has 0 amide bonds. The molecule has 0 unspecified atom stereocenters. The van der Waals surface area contributed by atoms with Crippen molar-refractivity contribution in [3.05, 3.63) is 69.4 Å². The van der Waals surface area contributed by atoms with Gasteiger partial charge in [-0.25, -0.2) is 4.52 Å². The lowest BCUT2D eigenvalue weighted by Crippen LogP contribution is -2.23. The number of nitriles is 1. The monoisotopic (exact) mass is 304 g/mol. The van der Waals surface area contributed by atoms with Gasteiger partial charge >= 0.3 is 0 Å². The van der Waals surface area contributed by atoms with Crippen LogP contribution >= 0.6 is 0 Å². The molecular weight excluding hydrogens is 288 g/mol. The molecule has 1 aliphatic carbocycles. The lowest BCUT2D eigenvalue weighted by molar-refractivity contribution is 0.673. The normalized spacial score (nSPS) is 13.7. The predicted molar refractivity (Wildman–Crippen MR) is 86.4 cm³/mol. The summed E-state index contributed by atoms with van der Waals surface area (Å²) < 4.78 is 3.38. The molecule has 3 aromatic rings. The Balaban J connectivity index is 1.84. The van der Waals surface area contributed by atoms with Gasteiger partial charge in [0, 0.05) is 18.0 Å². The Kier molecular flexibility index (Phi) is 3.23. The Labute approximate surface area is 133 Å². The van der Waals surface area contributed by atoms with E-state index in [2.05, 4.69) is 11.2 Å². The van der Waals surface area contributed by atoms with Crippen LogP contribution in [-0.2, 0) is 19.4 Å². The van der Waals surface area contributed by atoms with E-state index in [1.165, 1.54) is 0 Å². The highest BCUT2D eigenvalue weighted by molar-refractivity contribution is 5.56. The van der Waals surface area contributed by atoms with Crippen molar-refractivity contribution in [3.63, 3.8) is 0 Å². The Morgan fingerprint density at radius 2 is 2.00 bits per heavy atom. The zero-order valence-corrected chi connectivity index (χ0v) is 12.7. The van der Waals surface area contributed by atoms with Crippen LogP contribution in [0.3, 0.4) is 0 Å². The summed E-state index contributed by atoms with van der Waals surface area (Å²) >= 11 is 0. The minimum atomic E-state index is -0.0316. The van der Waals surface area contributed by atoms with Crippen molar-refractivity contribution >= 4 is 5.52 Å². The van der Waals surface area contributed by atoms with E-state index in [1.54, 1.807) is 21.3 Å². The van der Waals surface area contributed by atoms with Crippen molar-refractivity contribution < 1.29 is 0 Å². The largest absolute Gasteiger partial charge is 0.308 e. The molecule has 0 saturated heterocycles. The summed E-state index contributed by atoms with van der Waals surface area (Å²) in [5, 5.41) is 13.8. The minimum absolute atomic E-state index is 0.0316. The molecule has 1 aromatic carbocycles. The van der Waals surface area contributed by atoms with E-state index in [0.29, 0.717) is 17.6 Å². The first kappa shape index (κ1) is 13.8. The molecule has 0 atom stereocenters. The molecule has 0 radical (unpaired) electrons. The van der Waals surface area contributed by atoms with Crippen molar-refractivity contribution in [1.82, 2.24) is 14.2 Å². The highest BCUT2D eigenvalue weighted by Crippen LogP contribution is 2.22. The molecule has 114 valence electrons. The molecule has 5 heteroatoms. The molecule has 0 spiro atoms. The number of benzene rings is 1. The number of hydrogen-bond donors (Lipinski definition) is 0. The average molecular weight is 304 g/mol. The smallest absolute Gasteiger partial charge is 0.277 e. The standard InChI is InChI=1S/C18H16N4O/c19-11-13-5-1-2-6-14(13)12-21-9-10-22-17(18(21)23)15-7-3-4-8-16(15)20-22/h1-2,5-6,9-10H,3-4,7-8,12H2. The third-order valence-corrected chi connectivity index (χ3v) is 4.51. The van der Waals surface area contributed by atoms with Gasteiger partial charge in [-0.2, -0.15) is 10.4 Å². The predicted octanol–water partition coefficient (Wildman–Crippen LogP) is 2.29. The summed E-state index contributed by atoms with van der Waals surface area (Å²) in [5.41, 5.74) is 4.28. The topological polar surface area (TPSA) is 63.1 Å². The van der Waals surface area contributed by atoms with Crippen LogP contribution in [0.5, 0.6) is 0 Å². The SMILES string of the molecule is N#Cc1ccccc1Cn1ccn2nc3c(c2c1=O)CCCC3. The molecule has 1 aliphatic rings. The van der Waals surface area contributed by atoms with Gasteiger partial charge in [-0.1, -0.05) is 18.2 Å². The van der Waals surface area contributed by atoms with Crippen molar-refractivity contribution in [1.29, 1.82) is 5.26 Å². The number of fused-ring (bicyclic) bond motifs is 3. The lowest BCUT2D eigenvalue weighted by atomic mass is 9.97. The summed E-state index contributed by atoms with van der Waals surface area (Å²) in [6.45, 7) is 0.402. The van der Waals surface area contributed by atoms with Gasteiger partial charge in [-0.15, -0.1) is 0 Å². The maximum absolute atomic E-state index is 12.9. The number of aryl methyl sites for hydroxylation is 2. The Hall–Kier alpha value is -2.87. The Morgan fingerprint density at radius 1 is 1.17 bits per heavy atom. The first-order valence-electron chi connectivity index (χ1n) is 7.85. The fourth-order valence-electron chi connectivity index (χ4n) is 3.33. The van der Waals surface area contributed by atoms with Gasteiger partial charge in [-0.3, -0.25) is 4.79 Å². The van der Waals surface area contributed by atoms with Gasteiger partial charge in [0.25, 0.3) is 5.56 Å². The average Bonchev–Trinajstić information content (AvgIpc) is 2.97. The van der Waals surface area contributed by atoms with Gasteiger partial charge in [-0.05, 0) is 37.3 Å². The highest BCUT2D eigenvalue weighted by Gasteiger charge is 2.19. The van der Waals surface area contributed by atoms with Gasteiger partial charge in [0.2, 0.25) is 0 Å². The molecule has 2 aromatic heterocycles.